The predicted octanol–water partition coefficient (Wildman–Crippen LogP) is 0.644. The molecule has 1 aromatic rings. The first kappa shape index (κ1) is 20.1. The maximum absolute atomic E-state index is 11.6. The van der Waals surface area contributed by atoms with Gasteiger partial charge in [-0.25, -0.2) is 4.79 Å². The molecule has 0 aliphatic carbocycles. The van der Waals surface area contributed by atoms with E-state index in [4.69, 9.17) is 16.3 Å². The van der Waals surface area contributed by atoms with Crippen LogP contribution in [0.25, 0.3) is 0 Å². The van der Waals surface area contributed by atoms with Crippen LogP contribution in [0.15, 0.2) is 23.2 Å². The summed E-state index contributed by atoms with van der Waals surface area (Å²) in [6, 6.07) is 5.44. The Morgan fingerprint density at radius 3 is 2.93 bits per heavy atom. The summed E-state index contributed by atoms with van der Waals surface area (Å²) in [5.41, 5.74) is 0.973. The van der Waals surface area contributed by atoms with Crippen LogP contribution < -0.4 is 25.6 Å². The fraction of sp³-hybridized carbons (Fsp3) is 0.500. The summed E-state index contributed by atoms with van der Waals surface area (Å²) in [7, 11) is 3.34. The second-order valence-electron chi connectivity index (χ2n) is 6.60. The molecule has 0 aromatic heterocycles. The van der Waals surface area contributed by atoms with E-state index in [1.807, 2.05) is 18.2 Å². The molecule has 0 saturated carbocycles. The number of nitrogens with one attached hydrogen (secondary N) is 3. The summed E-state index contributed by atoms with van der Waals surface area (Å²) in [5.74, 6) is 1.22. The van der Waals surface area contributed by atoms with Crippen molar-refractivity contribution in [2.45, 2.75) is 12.5 Å². The van der Waals surface area contributed by atoms with Crippen LogP contribution in [-0.2, 0) is 4.79 Å². The molecule has 1 aromatic carbocycles. The minimum absolute atomic E-state index is 0.0662. The Morgan fingerprint density at radius 2 is 2.25 bits per heavy atom. The minimum atomic E-state index is -0.350. The molecule has 3 N–H and O–H groups in total. The molecule has 152 valence electrons. The van der Waals surface area contributed by atoms with E-state index < -0.39 is 0 Å². The number of benzene rings is 1. The number of methoxy groups -OCH3 is 1. The van der Waals surface area contributed by atoms with Crippen LogP contribution in [0.4, 0.5) is 10.5 Å². The van der Waals surface area contributed by atoms with Crippen molar-refractivity contribution >= 4 is 35.2 Å². The van der Waals surface area contributed by atoms with Crippen LogP contribution in [0.5, 0.6) is 5.75 Å². The average Bonchev–Trinajstić information content (AvgIpc) is 3.28. The third-order valence-corrected chi connectivity index (χ3v) is 5.03. The fourth-order valence-corrected chi connectivity index (χ4v) is 3.53. The number of hydrogen-bond acceptors (Lipinski definition) is 5. The lowest BCUT2D eigenvalue weighted by molar-refractivity contribution is -0.124. The van der Waals surface area contributed by atoms with Crippen LogP contribution in [-0.4, -0.2) is 75.7 Å². The maximum Gasteiger partial charge on any atom is 0.324 e. The summed E-state index contributed by atoms with van der Waals surface area (Å²) < 4.78 is 5.45. The van der Waals surface area contributed by atoms with Crippen molar-refractivity contribution in [3.63, 3.8) is 0 Å². The van der Waals surface area contributed by atoms with Gasteiger partial charge in [0.25, 0.3) is 0 Å². The van der Waals surface area contributed by atoms with Crippen molar-refractivity contribution in [3.8, 4) is 5.75 Å². The first-order chi connectivity index (χ1) is 13.5. The largest absolute Gasteiger partial charge is 0.495 e. The number of ether oxygens (including phenoxy) is 1. The van der Waals surface area contributed by atoms with Gasteiger partial charge in [0.05, 0.1) is 19.3 Å². The van der Waals surface area contributed by atoms with Crippen LogP contribution >= 0.6 is 11.6 Å². The van der Waals surface area contributed by atoms with E-state index in [0.717, 1.165) is 30.9 Å². The van der Waals surface area contributed by atoms with Crippen LogP contribution in [0, 0.1) is 0 Å². The van der Waals surface area contributed by atoms with Gasteiger partial charge in [0.2, 0.25) is 5.91 Å². The standard InChI is InChI=1S/C18H25ClN6O3/c1-20-17(21-6-8-25-16(26)10-22-18(25)27)23-13-5-7-24(11-13)14-9-12(19)3-4-15(14)28-2/h3-4,9,13H,5-8,10-11H2,1-2H3,(H,22,27)(H2,20,21,23). The highest BCUT2D eigenvalue weighted by Gasteiger charge is 2.28. The molecular formula is C18H25ClN6O3. The molecule has 2 fully saturated rings. The molecule has 2 heterocycles. The number of carbonyl (C=O) groups excluding carboxylic acids is 2. The molecule has 3 rings (SSSR count). The number of halogens is 1. The van der Waals surface area contributed by atoms with Crippen LogP contribution in [0.3, 0.4) is 0 Å². The van der Waals surface area contributed by atoms with Gasteiger partial charge in [-0.1, -0.05) is 11.6 Å². The SMILES string of the molecule is CN=C(NCCN1C(=O)CNC1=O)NC1CCN(c2cc(Cl)ccc2OC)C1. The zero-order valence-electron chi connectivity index (χ0n) is 16.0. The Labute approximate surface area is 169 Å². The first-order valence-electron chi connectivity index (χ1n) is 9.15. The zero-order valence-corrected chi connectivity index (χ0v) is 16.8. The summed E-state index contributed by atoms with van der Waals surface area (Å²) in [5, 5.41) is 9.71. The first-order valence-corrected chi connectivity index (χ1v) is 9.53. The van der Waals surface area contributed by atoms with E-state index in [-0.39, 0.29) is 24.5 Å². The number of guanidine groups is 1. The van der Waals surface area contributed by atoms with E-state index in [0.29, 0.717) is 24.1 Å². The number of amides is 3. The van der Waals surface area contributed by atoms with Gasteiger partial charge < -0.3 is 25.6 Å². The second-order valence-corrected chi connectivity index (χ2v) is 7.03. The van der Waals surface area contributed by atoms with Crippen molar-refractivity contribution in [3.05, 3.63) is 23.2 Å². The third-order valence-electron chi connectivity index (χ3n) is 4.80. The molecular weight excluding hydrogens is 384 g/mol. The Hall–Kier alpha value is -2.68. The zero-order chi connectivity index (χ0) is 20.1. The quantitative estimate of drug-likeness (QED) is 0.363. The van der Waals surface area contributed by atoms with Gasteiger partial charge in [0, 0.05) is 44.3 Å². The van der Waals surface area contributed by atoms with Crippen molar-refractivity contribution in [1.29, 1.82) is 0 Å². The highest BCUT2D eigenvalue weighted by molar-refractivity contribution is 6.31. The molecule has 9 nitrogen and oxygen atoms in total. The van der Waals surface area contributed by atoms with Gasteiger partial charge in [0.1, 0.15) is 5.75 Å². The number of imide groups is 1. The molecule has 1 unspecified atom stereocenters. The van der Waals surface area contributed by atoms with Gasteiger partial charge in [-0.3, -0.25) is 14.7 Å². The summed E-state index contributed by atoms with van der Waals surface area (Å²) in [4.78, 5) is 30.8. The van der Waals surface area contributed by atoms with Crippen molar-refractivity contribution in [2.75, 3.05) is 51.8 Å². The molecule has 10 heteroatoms. The third kappa shape index (κ3) is 4.59. The van der Waals surface area contributed by atoms with Gasteiger partial charge in [-0.15, -0.1) is 0 Å². The molecule has 2 saturated heterocycles. The normalized spacial score (nSPS) is 19.8. The molecule has 1 atom stereocenters. The number of urea groups is 1. The molecule has 3 amide bonds. The topological polar surface area (TPSA) is 98.3 Å². The number of anilines is 1. The van der Waals surface area contributed by atoms with E-state index in [9.17, 15) is 9.59 Å². The van der Waals surface area contributed by atoms with Gasteiger partial charge >= 0.3 is 6.03 Å². The molecule has 0 spiro atoms. The fourth-order valence-electron chi connectivity index (χ4n) is 3.36. The van der Waals surface area contributed by atoms with E-state index in [1.54, 1.807) is 14.2 Å². The molecule has 0 bridgehead atoms. The van der Waals surface area contributed by atoms with E-state index in [2.05, 4.69) is 25.8 Å². The van der Waals surface area contributed by atoms with E-state index in [1.165, 1.54) is 4.90 Å². The second kappa shape index (κ2) is 9.01. The van der Waals surface area contributed by atoms with E-state index >= 15 is 0 Å². The highest BCUT2D eigenvalue weighted by Crippen LogP contribution is 2.33. The molecule has 28 heavy (non-hydrogen) atoms. The lowest BCUT2D eigenvalue weighted by atomic mass is 10.2. The average molecular weight is 409 g/mol. The summed E-state index contributed by atoms with van der Waals surface area (Å²) in [6.45, 7) is 2.44. The van der Waals surface area contributed by atoms with Gasteiger partial charge in [-0.2, -0.15) is 0 Å². The van der Waals surface area contributed by atoms with Crippen molar-refractivity contribution < 1.29 is 14.3 Å². The number of nitrogens with zero attached hydrogens (tertiary/aromatic N) is 3. The monoisotopic (exact) mass is 408 g/mol. The van der Waals surface area contributed by atoms with Crippen molar-refractivity contribution in [1.82, 2.24) is 20.9 Å². The summed E-state index contributed by atoms with van der Waals surface area (Å²) in [6.07, 6.45) is 0.934. The van der Waals surface area contributed by atoms with Crippen LogP contribution in [0.2, 0.25) is 5.02 Å². The minimum Gasteiger partial charge on any atom is -0.495 e. The number of aliphatic imine (C=N–C) groups is 1. The lowest BCUT2D eigenvalue weighted by Crippen LogP contribution is -2.47. The Bertz CT molecular complexity index is 756. The Morgan fingerprint density at radius 1 is 1.43 bits per heavy atom. The highest BCUT2D eigenvalue weighted by atomic mass is 35.5. The predicted molar refractivity (Wildman–Crippen MR) is 108 cm³/mol. The Balaban J connectivity index is 1.50. The van der Waals surface area contributed by atoms with Gasteiger partial charge in [-0.05, 0) is 24.6 Å². The lowest BCUT2D eigenvalue weighted by Gasteiger charge is -2.22. The molecule has 2 aliphatic heterocycles. The molecule has 2 aliphatic rings. The Kier molecular flexibility index (Phi) is 6.45. The van der Waals surface area contributed by atoms with Gasteiger partial charge in [0.15, 0.2) is 5.96 Å². The number of hydrogen-bond donors (Lipinski definition) is 3. The summed E-state index contributed by atoms with van der Waals surface area (Å²) >= 11 is 6.14. The van der Waals surface area contributed by atoms with Crippen LogP contribution in [0.1, 0.15) is 6.42 Å². The van der Waals surface area contributed by atoms with Crippen molar-refractivity contribution in [2.24, 2.45) is 4.99 Å². The molecule has 0 radical (unpaired) electrons. The number of rotatable bonds is 6. The number of carbonyl (C=O) groups is 2. The smallest absolute Gasteiger partial charge is 0.324 e. The maximum atomic E-state index is 11.6.